The minimum atomic E-state index is -0.124. The van der Waals surface area contributed by atoms with Crippen molar-refractivity contribution in [2.75, 3.05) is 13.1 Å². The number of benzene rings is 3. The molecule has 1 N–H and O–H groups in total. The van der Waals surface area contributed by atoms with E-state index in [4.69, 9.17) is 0 Å². The Morgan fingerprint density at radius 2 is 1.59 bits per heavy atom. The minimum absolute atomic E-state index is 0.102. The van der Waals surface area contributed by atoms with Gasteiger partial charge < -0.3 is 9.88 Å². The highest BCUT2D eigenvalue weighted by Gasteiger charge is 2.24. The van der Waals surface area contributed by atoms with E-state index in [1.54, 1.807) is 12.1 Å². The molecule has 3 aromatic carbocycles. The average Bonchev–Trinajstić information content (AvgIpc) is 3.28. The Bertz CT molecular complexity index is 1350. The van der Waals surface area contributed by atoms with Crippen molar-refractivity contribution in [1.29, 1.82) is 0 Å². The standard InChI is InChI=1S/C28H24N2O2/c1-19-10-12-21(13-11-19)27(31)23-7-2-3-8-24(23)28(32)30-16-14-20(15-17-30)25-18-29-26-9-5-4-6-22(25)26/h2-14,18,29H,15-17H2,1H3. The number of aryl methyl sites for hydroxylation is 1. The Balaban J connectivity index is 1.39. The molecule has 158 valence electrons. The van der Waals surface area contributed by atoms with Crippen LogP contribution in [0.2, 0.25) is 0 Å². The highest BCUT2D eigenvalue weighted by molar-refractivity contribution is 6.15. The zero-order valence-electron chi connectivity index (χ0n) is 18.0. The molecule has 2 heterocycles. The summed E-state index contributed by atoms with van der Waals surface area (Å²) in [5.41, 5.74) is 6.16. The van der Waals surface area contributed by atoms with Gasteiger partial charge in [0.1, 0.15) is 0 Å². The Morgan fingerprint density at radius 3 is 2.34 bits per heavy atom. The molecule has 1 amide bonds. The van der Waals surface area contributed by atoms with E-state index in [0.29, 0.717) is 29.8 Å². The van der Waals surface area contributed by atoms with Gasteiger partial charge in [0.2, 0.25) is 0 Å². The molecule has 0 saturated carbocycles. The van der Waals surface area contributed by atoms with Gasteiger partial charge >= 0.3 is 0 Å². The molecule has 4 nitrogen and oxygen atoms in total. The van der Waals surface area contributed by atoms with Gasteiger partial charge in [0, 0.05) is 46.9 Å². The highest BCUT2D eigenvalue weighted by Crippen LogP contribution is 2.30. The van der Waals surface area contributed by atoms with Crippen LogP contribution in [0, 0.1) is 6.92 Å². The molecule has 0 aliphatic carbocycles. The minimum Gasteiger partial charge on any atom is -0.361 e. The summed E-state index contributed by atoms with van der Waals surface area (Å²) in [6, 6.07) is 22.8. The van der Waals surface area contributed by atoms with Gasteiger partial charge in [-0.1, -0.05) is 72.3 Å². The van der Waals surface area contributed by atoms with Gasteiger partial charge in [-0.15, -0.1) is 0 Å². The lowest BCUT2D eigenvalue weighted by atomic mass is 9.95. The first-order valence-electron chi connectivity index (χ1n) is 10.9. The first-order chi connectivity index (χ1) is 15.6. The molecule has 0 spiro atoms. The summed E-state index contributed by atoms with van der Waals surface area (Å²) >= 11 is 0. The fourth-order valence-corrected chi connectivity index (χ4v) is 4.33. The zero-order valence-corrected chi connectivity index (χ0v) is 18.0. The second-order valence-corrected chi connectivity index (χ2v) is 8.22. The van der Waals surface area contributed by atoms with Crippen molar-refractivity contribution in [2.45, 2.75) is 13.3 Å². The maximum Gasteiger partial charge on any atom is 0.254 e. The summed E-state index contributed by atoms with van der Waals surface area (Å²) in [6.07, 6.45) is 4.95. The number of para-hydroxylation sites is 1. The molecule has 0 bridgehead atoms. The summed E-state index contributed by atoms with van der Waals surface area (Å²) in [7, 11) is 0. The van der Waals surface area contributed by atoms with E-state index < -0.39 is 0 Å². The second kappa shape index (κ2) is 8.31. The predicted octanol–water partition coefficient (Wildman–Crippen LogP) is 5.64. The van der Waals surface area contributed by atoms with Crippen molar-refractivity contribution >= 4 is 28.2 Å². The summed E-state index contributed by atoms with van der Waals surface area (Å²) in [6.45, 7) is 3.14. The topological polar surface area (TPSA) is 53.2 Å². The third-order valence-electron chi connectivity index (χ3n) is 6.15. The number of amides is 1. The maximum absolute atomic E-state index is 13.4. The maximum atomic E-state index is 13.4. The fourth-order valence-electron chi connectivity index (χ4n) is 4.33. The molecule has 4 heteroatoms. The first-order valence-corrected chi connectivity index (χ1v) is 10.9. The van der Waals surface area contributed by atoms with E-state index in [-0.39, 0.29) is 11.7 Å². The normalized spacial score (nSPS) is 13.8. The lowest BCUT2D eigenvalue weighted by Gasteiger charge is -2.27. The third-order valence-corrected chi connectivity index (χ3v) is 6.15. The van der Waals surface area contributed by atoms with Gasteiger partial charge in [-0.3, -0.25) is 9.59 Å². The number of H-pyrrole nitrogens is 1. The van der Waals surface area contributed by atoms with Crippen LogP contribution in [0.25, 0.3) is 16.5 Å². The summed E-state index contributed by atoms with van der Waals surface area (Å²) in [5, 5.41) is 1.20. The molecule has 5 rings (SSSR count). The highest BCUT2D eigenvalue weighted by atomic mass is 16.2. The number of hydrogen-bond acceptors (Lipinski definition) is 2. The van der Waals surface area contributed by atoms with Crippen molar-refractivity contribution in [3.05, 3.63) is 113 Å². The number of aromatic nitrogens is 1. The number of rotatable bonds is 4. The number of ketones is 1. The van der Waals surface area contributed by atoms with Gasteiger partial charge in [-0.2, -0.15) is 0 Å². The van der Waals surface area contributed by atoms with Crippen LogP contribution in [0.5, 0.6) is 0 Å². The SMILES string of the molecule is Cc1ccc(C(=O)c2ccccc2C(=O)N2CC=C(c3c[nH]c4ccccc34)CC2)cc1. The molecule has 0 fully saturated rings. The van der Waals surface area contributed by atoms with Crippen molar-refractivity contribution in [1.82, 2.24) is 9.88 Å². The zero-order chi connectivity index (χ0) is 22.1. The van der Waals surface area contributed by atoms with Crippen molar-refractivity contribution < 1.29 is 9.59 Å². The Morgan fingerprint density at radius 1 is 0.875 bits per heavy atom. The molecule has 4 aromatic rings. The number of aromatic amines is 1. The predicted molar refractivity (Wildman–Crippen MR) is 128 cm³/mol. The monoisotopic (exact) mass is 420 g/mol. The van der Waals surface area contributed by atoms with Crippen molar-refractivity contribution in [3.63, 3.8) is 0 Å². The second-order valence-electron chi connectivity index (χ2n) is 8.22. The van der Waals surface area contributed by atoms with Crippen LogP contribution in [-0.4, -0.2) is 34.7 Å². The van der Waals surface area contributed by atoms with Gasteiger partial charge in [0.15, 0.2) is 5.78 Å². The van der Waals surface area contributed by atoms with Crippen LogP contribution < -0.4 is 0 Å². The lowest BCUT2D eigenvalue weighted by molar-refractivity contribution is 0.0768. The van der Waals surface area contributed by atoms with Crippen LogP contribution in [0.4, 0.5) is 0 Å². The fraction of sp³-hybridized carbons (Fsp3) is 0.143. The largest absolute Gasteiger partial charge is 0.361 e. The summed E-state index contributed by atoms with van der Waals surface area (Å²) < 4.78 is 0. The van der Waals surface area contributed by atoms with Crippen LogP contribution in [0.3, 0.4) is 0 Å². The van der Waals surface area contributed by atoms with Gasteiger partial charge in [-0.05, 0) is 31.1 Å². The molecule has 0 unspecified atom stereocenters. The Labute approximate surface area is 187 Å². The number of hydrogen-bond donors (Lipinski definition) is 1. The lowest BCUT2D eigenvalue weighted by Crippen LogP contribution is -2.35. The molecular weight excluding hydrogens is 396 g/mol. The van der Waals surface area contributed by atoms with Gasteiger partial charge in [0.05, 0.1) is 5.56 Å². The van der Waals surface area contributed by atoms with Crippen molar-refractivity contribution in [3.8, 4) is 0 Å². The molecule has 0 saturated heterocycles. The van der Waals surface area contributed by atoms with Crippen LogP contribution in [0.15, 0.2) is 85.1 Å². The van der Waals surface area contributed by atoms with Gasteiger partial charge in [-0.25, -0.2) is 0 Å². The molecular formula is C28H24N2O2. The average molecular weight is 421 g/mol. The van der Waals surface area contributed by atoms with E-state index >= 15 is 0 Å². The number of nitrogens with zero attached hydrogens (tertiary/aromatic N) is 1. The summed E-state index contributed by atoms with van der Waals surface area (Å²) in [5.74, 6) is -0.226. The smallest absolute Gasteiger partial charge is 0.254 e. The van der Waals surface area contributed by atoms with Crippen LogP contribution >= 0.6 is 0 Å². The quantitative estimate of drug-likeness (QED) is 0.435. The number of fused-ring (bicyclic) bond motifs is 1. The molecule has 1 aliphatic rings. The number of carbonyl (C=O) groups excluding carboxylic acids is 2. The van der Waals surface area contributed by atoms with E-state index in [1.165, 1.54) is 16.5 Å². The van der Waals surface area contributed by atoms with Crippen LogP contribution in [0.1, 0.15) is 43.8 Å². The Kier molecular flexibility index (Phi) is 5.20. The molecule has 0 atom stereocenters. The summed E-state index contributed by atoms with van der Waals surface area (Å²) in [4.78, 5) is 31.6. The van der Waals surface area contributed by atoms with E-state index in [1.807, 2.05) is 66.6 Å². The molecule has 1 aromatic heterocycles. The molecule has 1 aliphatic heterocycles. The van der Waals surface area contributed by atoms with E-state index in [0.717, 1.165) is 17.5 Å². The van der Waals surface area contributed by atoms with Gasteiger partial charge in [0.25, 0.3) is 5.91 Å². The first kappa shape index (κ1) is 20.0. The van der Waals surface area contributed by atoms with Crippen LogP contribution in [-0.2, 0) is 0 Å². The van der Waals surface area contributed by atoms with Crippen molar-refractivity contribution in [2.24, 2.45) is 0 Å². The molecule has 32 heavy (non-hydrogen) atoms. The number of carbonyl (C=O) groups is 2. The third kappa shape index (κ3) is 3.65. The van der Waals surface area contributed by atoms with E-state index in [2.05, 4.69) is 23.2 Å². The van der Waals surface area contributed by atoms with E-state index in [9.17, 15) is 9.59 Å². The molecule has 0 radical (unpaired) electrons. The number of nitrogens with one attached hydrogen (secondary N) is 1. The Hall–Kier alpha value is -3.92.